The fraction of sp³-hybridized carbons (Fsp3) is 0.222. The number of hydrogen-bond acceptors (Lipinski definition) is 5. The summed E-state index contributed by atoms with van der Waals surface area (Å²) < 4.78 is 10.4. The van der Waals surface area contributed by atoms with Crippen LogP contribution in [0.3, 0.4) is 0 Å². The monoisotopic (exact) mass is 328 g/mol. The van der Waals surface area contributed by atoms with Crippen molar-refractivity contribution in [2.75, 3.05) is 13.7 Å². The standard InChI is InChI=1S/C18H20N2O4/c1-4-24-15-8-5-13(6-9-15)18(22)20-19-12(2)14-7-10-16(21)17(11-14)23-3/h5-11,21H,4H2,1-3H3,(H,20,22). The van der Waals surface area contributed by atoms with Crippen molar-refractivity contribution in [3.05, 3.63) is 53.6 Å². The predicted molar refractivity (Wildman–Crippen MR) is 91.9 cm³/mol. The van der Waals surface area contributed by atoms with Crippen molar-refractivity contribution >= 4 is 11.6 Å². The number of hydrogen-bond donors (Lipinski definition) is 2. The Morgan fingerprint density at radius 1 is 1.17 bits per heavy atom. The summed E-state index contributed by atoms with van der Waals surface area (Å²) in [6.07, 6.45) is 0. The van der Waals surface area contributed by atoms with Crippen LogP contribution < -0.4 is 14.9 Å². The van der Waals surface area contributed by atoms with Crippen LogP contribution in [-0.4, -0.2) is 30.4 Å². The Morgan fingerprint density at radius 3 is 2.46 bits per heavy atom. The Balaban J connectivity index is 2.07. The normalized spacial score (nSPS) is 11.0. The third kappa shape index (κ3) is 4.25. The maximum absolute atomic E-state index is 12.1. The van der Waals surface area contributed by atoms with Crippen molar-refractivity contribution in [2.24, 2.45) is 5.10 Å². The Labute approximate surface area is 140 Å². The average molecular weight is 328 g/mol. The highest BCUT2D eigenvalue weighted by Crippen LogP contribution is 2.26. The second-order valence-corrected chi connectivity index (χ2v) is 4.98. The minimum absolute atomic E-state index is 0.0486. The molecule has 6 heteroatoms. The summed E-state index contributed by atoms with van der Waals surface area (Å²) >= 11 is 0. The molecule has 0 bridgehead atoms. The molecular weight excluding hydrogens is 308 g/mol. The molecule has 0 heterocycles. The average Bonchev–Trinajstić information content (AvgIpc) is 2.60. The number of methoxy groups -OCH3 is 1. The molecule has 0 aliphatic carbocycles. The molecule has 0 radical (unpaired) electrons. The highest BCUT2D eigenvalue weighted by molar-refractivity contribution is 6.01. The summed E-state index contributed by atoms with van der Waals surface area (Å²) in [6, 6.07) is 11.7. The molecule has 0 unspecified atom stereocenters. The van der Waals surface area contributed by atoms with Gasteiger partial charge in [-0.2, -0.15) is 5.10 Å². The molecule has 0 aliphatic rings. The summed E-state index contributed by atoms with van der Waals surface area (Å²) in [5.74, 6) is 0.792. The van der Waals surface area contributed by atoms with Crippen molar-refractivity contribution in [3.8, 4) is 17.2 Å². The maximum Gasteiger partial charge on any atom is 0.271 e. The summed E-state index contributed by atoms with van der Waals surface area (Å²) in [6.45, 7) is 4.23. The number of ether oxygens (including phenoxy) is 2. The van der Waals surface area contributed by atoms with Gasteiger partial charge in [0.25, 0.3) is 5.91 Å². The highest BCUT2D eigenvalue weighted by Gasteiger charge is 2.07. The summed E-state index contributed by atoms with van der Waals surface area (Å²) in [5, 5.41) is 13.7. The lowest BCUT2D eigenvalue weighted by atomic mass is 10.1. The number of carbonyl (C=O) groups is 1. The summed E-state index contributed by atoms with van der Waals surface area (Å²) in [5.41, 5.74) is 4.31. The highest BCUT2D eigenvalue weighted by atomic mass is 16.5. The van der Waals surface area contributed by atoms with Crippen LogP contribution in [-0.2, 0) is 0 Å². The minimum Gasteiger partial charge on any atom is -0.504 e. The molecule has 24 heavy (non-hydrogen) atoms. The van der Waals surface area contributed by atoms with Crippen molar-refractivity contribution in [1.29, 1.82) is 0 Å². The van der Waals surface area contributed by atoms with Gasteiger partial charge < -0.3 is 14.6 Å². The molecule has 0 saturated heterocycles. The lowest BCUT2D eigenvalue weighted by molar-refractivity contribution is 0.0955. The number of aromatic hydroxyl groups is 1. The van der Waals surface area contributed by atoms with E-state index in [1.807, 2.05) is 6.92 Å². The van der Waals surface area contributed by atoms with E-state index >= 15 is 0 Å². The molecule has 6 nitrogen and oxygen atoms in total. The second kappa shape index (κ2) is 8.01. The fourth-order valence-corrected chi connectivity index (χ4v) is 2.04. The van der Waals surface area contributed by atoms with Gasteiger partial charge in [-0.3, -0.25) is 4.79 Å². The maximum atomic E-state index is 12.1. The van der Waals surface area contributed by atoms with Gasteiger partial charge in [-0.25, -0.2) is 5.43 Å². The van der Waals surface area contributed by atoms with Gasteiger partial charge in [0.1, 0.15) is 5.75 Å². The van der Waals surface area contributed by atoms with Gasteiger partial charge >= 0.3 is 0 Å². The molecule has 0 saturated carbocycles. The second-order valence-electron chi connectivity index (χ2n) is 4.98. The largest absolute Gasteiger partial charge is 0.504 e. The van der Waals surface area contributed by atoms with E-state index in [4.69, 9.17) is 9.47 Å². The molecule has 0 fully saturated rings. The van der Waals surface area contributed by atoms with Gasteiger partial charge in [0.05, 0.1) is 19.4 Å². The smallest absolute Gasteiger partial charge is 0.271 e. The first-order chi connectivity index (χ1) is 11.5. The topological polar surface area (TPSA) is 80.2 Å². The Morgan fingerprint density at radius 2 is 1.83 bits per heavy atom. The third-order valence-electron chi connectivity index (χ3n) is 3.35. The van der Waals surface area contributed by atoms with Crippen LogP contribution in [0.2, 0.25) is 0 Å². The van der Waals surface area contributed by atoms with Gasteiger partial charge in [0, 0.05) is 11.1 Å². The number of rotatable bonds is 6. The first-order valence-electron chi connectivity index (χ1n) is 7.50. The molecule has 1 amide bonds. The molecule has 0 atom stereocenters. The predicted octanol–water partition coefficient (Wildman–Crippen LogP) is 2.95. The van der Waals surface area contributed by atoms with Crippen LogP contribution in [0.4, 0.5) is 0 Å². The third-order valence-corrected chi connectivity index (χ3v) is 3.35. The van der Waals surface area contributed by atoms with E-state index in [0.29, 0.717) is 29.4 Å². The molecule has 0 aliphatic heterocycles. The van der Waals surface area contributed by atoms with Crippen molar-refractivity contribution in [1.82, 2.24) is 5.43 Å². The first kappa shape index (κ1) is 17.3. The summed E-state index contributed by atoms with van der Waals surface area (Å²) in [7, 11) is 1.47. The number of nitrogens with one attached hydrogen (secondary N) is 1. The van der Waals surface area contributed by atoms with Gasteiger partial charge in [-0.15, -0.1) is 0 Å². The van der Waals surface area contributed by atoms with Gasteiger partial charge in [0.2, 0.25) is 0 Å². The van der Waals surface area contributed by atoms with Crippen LogP contribution in [0.5, 0.6) is 17.2 Å². The van der Waals surface area contributed by atoms with Gasteiger partial charge in [0.15, 0.2) is 11.5 Å². The number of benzene rings is 2. The minimum atomic E-state index is -0.317. The van der Waals surface area contributed by atoms with Crippen molar-refractivity contribution < 1.29 is 19.4 Å². The lowest BCUT2D eigenvalue weighted by Gasteiger charge is -2.07. The summed E-state index contributed by atoms with van der Waals surface area (Å²) in [4.78, 5) is 12.1. The Bertz CT molecular complexity index is 739. The van der Waals surface area contributed by atoms with E-state index in [1.165, 1.54) is 13.2 Å². The molecule has 2 rings (SSSR count). The molecule has 2 aromatic rings. The Kier molecular flexibility index (Phi) is 5.78. The first-order valence-corrected chi connectivity index (χ1v) is 7.50. The number of phenols is 1. The van der Waals surface area contributed by atoms with Gasteiger partial charge in [-0.05, 0) is 56.3 Å². The SMILES string of the molecule is CCOc1ccc(C(=O)NN=C(C)c2ccc(O)c(OC)c2)cc1. The molecule has 0 spiro atoms. The quantitative estimate of drug-likeness (QED) is 0.631. The molecule has 2 N–H and O–H groups in total. The zero-order chi connectivity index (χ0) is 17.5. The van der Waals surface area contributed by atoms with Crippen molar-refractivity contribution in [2.45, 2.75) is 13.8 Å². The van der Waals surface area contributed by atoms with E-state index in [-0.39, 0.29) is 11.7 Å². The Hall–Kier alpha value is -3.02. The molecule has 126 valence electrons. The van der Waals surface area contributed by atoms with Crippen LogP contribution in [0.1, 0.15) is 29.8 Å². The lowest BCUT2D eigenvalue weighted by Crippen LogP contribution is -2.19. The molecular formula is C18H20N2O4. The van der Waals surface area contributed by atoms with E-state index in [9.17, 15) is 9.90 Å². The van der Waals surface area contributed by atoms with Crippen LogP contribution in [0, 0.1) is 0 Å². The van der Waals surface area contributed by atoms with E-state index in [1.54, 1.807) is 43.3 Å². The van der Waals surface area contributed by atoms with Gasteiger partial charge in [-0.1, -0.05) is 0 Å². The number of amides is 1. The fourth-order valence-electron chi connectivity index (χ4n) is 2.04. The van der Waals surface area contributed by atoms with E-state index < -0.39 is 0 Å². The van der Waals surface area contributed by atoms with Crippen LogP contribution in [0.25, 0.3) is 0 Å². The van der Waals surface area contributed by atoms with Crippen LogP contribution in [0.15, 0.2) is 47.6 Å². The number of nitrogens with zero attached hydrogens (tertiary/aromatic N) is 1. The number of phenolic OH excluding ortho intramolecular Hbond substituents is 1. The number of carbonyl (C=O) groups excluding carboxylic acids is 1. The zero-order valence-corrected chi connectivity index (χ0v) is 13.9. The van der Waals surface area contributed by atoms with E-state index in [2.05, 4.69) is 10.5 Å². The molecule has 2 aromatic carbocycles. The number of hydrazone groups is 1. The van der Waals surface area contributed by atoms with Crippen molar-refractivity contribution in [3.63, 3.8) is 0 Å². The van der Waals surface area contributed by atoms with E-state index in [0.717, 1.165) is 5.56 Å². The molecule has 0 aromatic heterocycles. The van der Waals surface area contributed by atoms with Crippen LogP contribution >= 0.6 is 0 Å². The zero-order valence-electron chi connectivity index (χ0n) is 13.9.